The van der Waals surface area contributed by atoms with Gasteiger partial charge in [0.2, 0.25) is 0 Å². The van der Waals surface area contributed by atoms with Crippen LogP contribution in [-0.4, -0.2) is 25.3 Å². The summed E-state index contributed by atoms with van der Waals surface area (Å²) >= 11 is -1.19. The van der Waals surface area contributed by atoms with Gasteiger partial charge in [-0.25, -0.2) is 0 Å². The SMILES string of the molecule is C[As+](C)(C)CCO. The van der Waals surface area contributed by atoms with Crippen LogP contribution in [0.25, 0.3) is 0 Å². The Morgan fingerprint density at radius 1 is 1.29 bits per heavy atom. The summed E-state index contributed by atoms with van der Waals surface area (Å²) in [6.07, 6.45) is 0. The van der Waals surface area contributed by atoms with Gasteiger partial charge in [0.25, 0.3) is 0 Å². The first-order valence-corrected chi connectivity index (χ1v) is 9.43. The fourth-order valence-corrected chi connectivity index (χ4v) is 1.56. The molecule has 0 aromatic carbocycles. The second-order valence-corrected chi connectivity index (χ2v) is 13.3. The van der Waals surface area contributed by atoms with E-state index in [2.05, 4.69) is 17.1 Å². The van der Waals surface area contributed by atoms with Gasteiger partial charge in [-0.05, 0) is 0 Å². The van der Waals surface area contributed by atoms with Crippen LogP contribution in [0, 0.1) is 0 Å². The van der Waals surface area contributed by atoms with Crippen LogP contribution in [0.3, 0.4) is 0 Å². The first kappa shape index (κ1) is 7.52. The third-order valence-electron chi connectivity index (χ3n) is 0.771. The Kier molecular flexibility index (Phi) is 2.94. The summed E-state index contributed by atoms with van der Waals surface area (Å²) in [4.78, 5) is 0. The van der Waals surface area contributed by atoms with Gasteiger partial charge in [-0.2, -0.15) is 0 Å². The van der Waals surface area contributed by atoms with Crippen LogP contribution in [-0.2, 0) is 0 Å². The van der Waals surface area contributed by atoms with E-state index in [1.54, 1.807) is 0 Å². The Morgan fingerprint density at radius 3 is 1.71 bits per heavy atom. The van der Waals surface area contributed by atoms with E-state index in [1.807, 2.05) is 0 Å². The minimum absolute atomic E-state index is 0.385. The molecule has 0 aliphatic rings. The predicted octanol–water partition coefficient (Wildman–Crippen LogP) is 1.32. The predicted molar refractivity (Wildman–Crippen MR) is 35.2 cm³/mol. The van der Waals surface area contributed by atoms with Crippen LogP contribution in [0.15, 0.2) is 0 Å². The van der Waals surface area contributed by atoms with Crippen molar-refractivity contribution in [3.63, 3.8) is 0 Å². The maximum atomic E-state index is 8.44. The summed E-state index contributed by atoms with van der Waals surface area (Å²) in [5.41, 5.74) is 6.86. The molecule has 0 spiro atoms. The normalized spacial score (nSPS) is 12.0. The minimum atomic E-state index is -1.19. The average molecular weight is 165 g/mol. The molecule has 0 heterocycles. The Bertz CT molecular complexity index is 46.5. The molecule has 0 atom stereocenters. The molecular weight excluding hydrogens is 151 g/mol. The monoisotopic (exact) mass is 165 g/mol. The van der Waals surface area contributed by atoms with E-state index in [0.717, 1.165) is 5.21 Å². The molecule has 0 saturated carbocycles. The molecule has 7 heavy (non-hydrogen) atoms. The summed E-state index contributed by atoms with van der Waals surface area (Å²) in [5, 5.41) is 9.51. The molecule has 2 heteroatoms. The molecule has 1 N–H and O–H groups in total. The van der Waals surface area contributed by atoms with E-state index in [1.165, 1.54) is 0 Å². The molecule has 0 aromatic heterocycles. The van der Waals surface area contributed by atoms with E-state index >= 15 is 0 Å². The number of aliphatic hydroxyl groups excluding tert-OH is 1. The van der Waals surface area contributed by atoms with E-state index in [-0.39, 0.29) is 0 Å². The molecular formula is C5H14AsO+. The second-order valence-electron chi connectivity index (χ2n) is 2.74. The standard InChI is InChI=1S/C5H14AsO/c1-6(2,3)4-5-7/h7H,4-5H2,1-3H3/q+1. The summed E-state index contributed by atoms with van der Waals surface area (Å²) in [7, 11) is 0. The fourth-order valence-electron chi connectivity index (χ4n) is 0.300. The quantitative estimate of drug-likeness (QED) is 0.611. The molecule has 0 amide bonds. The van der Waals surface area contributed by atoms with Crippen molar-refractivity contribution in [1.82, 2.24) is 0 Å². The van der Waals surface area contributed by atoms with Crippen LogP contribution < -0.4 is 0 Å². The van der Waals surface area contributed by atoms with Gasteiger partial charge in [-0.3, -0.25) is 0 Å². The van der Waals surface area contributed by atoms with Crippen molar-refractivity contribution in [2.45, 2.75) is 22.3 Å². The van der Waals surface area contributed by atoms with E-state index in [0.29, 0.717) is 6.61 Å². The molecule has 44 valence electrons. The molecule has 0 aliphatic heterocycles. The van der Waals surface area contributed by atoms with Crippen LogP contribution in [0.2, 0.25) is 22.3 Å². The van der Waals surface area contributed by atoms with Crippen molar-refractivity contribution in [2.24, 2.45) is 0 Å². The van der Waals surface area contributed by atoms with Crippen molar-refractivity contribution in [3.05, 3.63) is 0 Å². The molecule has 0 unspecified atom stereocenters. The number of hydrogen-bond acceptors (Lipinski definition) is 1. The third kappa shape index (κ3) is 6.52. The number of aliphatic hydroxyl groups is 1. The second kappa shape index (κ2) is 2.74. The van der Waals surface area contributed by atoms with Crippen molar-refractivity contribution < 1.29 is 5.11 Å². The van der Waals surface area contributed by atoms with Crippen LogP contribution >= 0.6 is 0 Å². The maximum absolute atomic E-state index is 8.44. The summed E-state index contributed by atoms with van der Waals surface area (Å²) in [6.45, 7) is 0.385. The van der Waals surface area contributed by atoms with E-state index in [4.69, 9.17) is 5.11 Å². The first-order chi connectivity index (χ1) is 3.06. The molecule has 0 fully saturated rings. The number of hydrogen-bond donors (Lipinski definition) is 1. The van der Waals surface area contributed by atoms with Crippen LogP contribution in [0.1, 0.15) is 0 Å². The van der Waals surface area contributed by atoms with Crippen LogP contribution in [0.5, 0.6) is 0 Å². The molecule has 0 aromatic rings. The molecule has 0 bridgehead atoms. The zero-order valence-electron chi connectivity index (χ0n) is 5.31. The molecule has 0 radical (unpaired) electrons. The van der Waals surface area contributed by atoms with Gasteiger partial charge in [0.05, 0.1) is 0 Å². The zero-order valence-corrected chi connectivity index (χ0v) is 7.19. The molecule has 1 nitrogen and oxygen atoms in total. The molecule has 0 aliphatic carbocycles. The van der Waals surface area contributed by atoms with E-state index < -0.39 is 13.6 Å². The Morgan fingerprint density at radius 2 is 1.71 bits per heavy atom. The van der Waals surface area contributed by atoms with Gasteiger partial charge in [0.1, 0.15) is 0 Å². The summed E-state index contributed by atoms with van der Waals surface area (Å²) < 4.78 is 0. The Labute approximate surface area is 48.2 Å². The summed E-state index contributed by atoms with van der Waals surface area (Å²) in [6, 6.07) is 0. The van der Waals surface area contributed by atoms with Gasteiger partial charge >= 0.3 is 47.6 Å². The summed E-state index contributed by atoms with van der Waals surface area (Å²) in [5.74, 6) is 0. The zero-order chi connectivity index (χ0) is 5.91. The van der Waals surface area contributed by atoms with Crippen molar-refractivity contribution in [2.75, 3.05) is 6.61 Å². The number of rotatable bonds is 2. The van der Waals surface area contributed by atoms with Crippen molar-refractivity contribution in [3.8, 4) is 0 Å². The Hall–Kier alpha value is 0.518. The Balaban J connectivity index is 3.15. The van der Waals surface area contributed by atoms with Gasteiger partial charge in [-0.1, -0.05) is 0 Å². The first-order valence-electron chi connectivity index (χ1n) is 2.47. The molecule has 0 saturated heterocycles. The van der Waals surface area contributed by atoms with Crippen molar-refractivity contribution >= 4 is 13.6 Å². The molecule has 0 rings (SSSR count). The van der Waals surface area contributed by atoms with Gasteiger partial charge in [0, 0.05) is 0 Å². The van der Waals surface area contributed by atoms with Gasteiger partial charge < -0.3 is 0 Å². The average Bonchev–Trinajstić information content (AvgIpc) is 1.30. The topological polar surface area (TPSA) is 20.2 Å². The third-order valence-corrected chi connectivity index (χ3v) is 4.01. The fraction of sp³-hybridized carbons (Fsp3) is 1.00. The van der Waals surface area contributed by atoms with Crippen molar-refractivity contribution in [1.29, 1.82) is 0 Å². The van der Waals surface area contributed by atoms with Gasteiger partial charge in [-0.15, -0.1) is 0 Å². The van der Waals surface area contributed by atoms with Crippen LogP contribution in [0.4, 0.5) is 0 Å². The van der Waals surface area contributed by atoms with Gasteiger partial charge in [0.15, 0.2) is 0 Å². The van der Waals surface area contributed by atoms with E-state index in [9.17, 15) is 0 Å².